The van der Waals surface area contributed by atoms with Crippen molar-refractivity contribution >= 4 is 22.4 Å². The molecule has 1 aliphatic heterocycles. The first-order valence-corrected chi connectivity index (χ1v) is 10.4. The number of fused-ring (bicyclic) bond motifs is 1. The van der Waals surface area contributed by atoms with Gasteiger partial charge in [-0.15, -0.1) is 5.10 Å². The second-order valence-corrected chi connectivity index (χ2v) is 7.85. The van der Waals surface area contributed by atoms with Gasteiger partial charge in [0.15, 0.2) is 5.78 Å². The fourth-order valence-corrected chi connectivity index (χ4v) is 3.75. The first kappa shape index (κ1) is 16.9. The van der Waals surface area contributed by atoms with Crippen LogP contribution in [0.5, 0.6) is 0 Å². The van der Waals surface area contributed by atoms with Gasteiger partial charge in [-0.3, -0.25) is 19.4 Å². The number of rotatable bonds is 5. The third kappa shape index (κ3) is 4.19. The number of likely N-dealkylation sites (N-methyl/N-ethyl adjacent to an activating group) is 1. The zero-order valence-electron chi connectivity index (χ0n) is 20.6. The molecule has 0 saturated carbocycles. The highest BCUT2D eigenvalue weighted by molar-refractivity contribution is 5.98. The largest absolute Gasteiger partial charge is 0.354 e. The maximum atomic E-state index is 13.1. The van der Waals surface area contributed by atoms with Crippen LogP contribution >= 0.6 is 0 Å². The topological polar surface area (TPSA) is 92.9 Å². The molecule has 0 amide bonds. The van der Waals surface area contributed by atoms with Crippen LogP contribution in [0.3, 0.4) is 0 Å². The third-order valence-corrected chi connectivity index (χ3v) is 5.54. The Labute approximate surface area is 189 Å². The van der Waals surface area contributed by atoms with Crippen molar-refractivity contribution in [1.29, 1.82) is 0 Å². The number of Topliss-reactive ketones (excluding diaryl/α,β-unsaturated/α-hetero) is 1. The zero-order chi connectivity index (χ0) is 24.6. The first-order chi connectivity index (χ1) is 16.8. The summed E-state index contributed by atoms with van der Waals surface area (Å²) in [6, 6.07) is 7.27. The van der Waals surface area contributed by atoms with Crippen molar-refractivity contribution in [1.82, 2.24) is 34.8 Å². The fourth-order valence-electron chi connectivity index (χ4n) is 3.75. The standard InChI is InChI=1S/C23H24N8O/c1-29-5-7-31(8-6-29)23-11-16(3-4-24-23)22(32)12-19-9-17-10-20(21-15-30(2)28-27-21)26-14-18(17)13-25-19/h3-4,9-11,13-15H,5-8,12H2,1-2H3/i1D3. The Bertz CT molecular complexity index is 1380. The molecule has 4 aromatic rings. The predicted molar refractivity (Wildman–Crippen MR) is 122 cm³/mol. The van der Waals surface area contributed by atoms with E-state index >= 15 is 0 Å². The third-order valence-electron chi connectivity index (χ3n) is 5.54. The van der Waals surface area contributed by atoms with Crippen molar-refractivity contribution in [3.05, 3.63) is 60.3 Å². The molecule has 0 aliphatic carbocycles. The predicted octanol–water partition coefficient (Wildman–Crippen LogP) is 2.00. The molecule has 0 bridgehead atoms. The van der Waals surface area contributed by atoms with Crippen LogP contribution in [-0.2, 0) is 13.5 Å². The van der Waals surface area contributed by atoms with E-state index < -0.39 is 6.98 Å². The number of pyridine rings is 3. The molecule has 162 valence electrons. The van der Waals surface area contributed by atoms with E-state index in [-0.39, 0.29) is 12.2 Å². The van der Waals surface area contributed by atoms with Crippen molar-refractivity contribution in [2.24, 2.45) is 7.05 Å². The molecule has 1 saturated heterocycles. The van der Waals surface area contributed by atoms with Crippen LogP contribution < -0.4 is 4.90 Å². The summed E-state index contributed by atoms with van der Waals surface area (Å²) < 4.78 is 24.3. The summed E-state index contributed by atoms with van der Waals surface area (Å²) in [4.78, 5) is 29.8. The molecule has 0 aromatic carbocycles. The van der Waals surface area contributed by atoms with Crippen molar-refractivity contribution in [3.8, 4) is 11.4 Å². The monoisotopic (exact) mass is 431 g/mol. The molecule has 5 heterocycles. The number of nitrogens with zero attached hydrogens (tertiary/aromatic N) is 8. The van der Waals surface area contributed by atoms with Crippen LogP contribution in [0.4, 0.5) is 5.82 Å². The van der Waals surface area contributed by atoms with Crippen LogP contribution in [0.15, 0.2) is 49.1 Å². The van der Waals surface area contributed by atoms with Gasteiger partial charge in [0.25, 0.3) is 0 Å². The zero-order valence-corrected chi connectivity index (χ0v) is 17.6. The fraction of sp³-hybridized carbons (Fsp3) is 0.304. The number of aromatic nitrogens is 6. The molecule has 0 unspecified atom stereocenters. The molecule has 9 heteroatoms. The van der Waals surface area contributed by atoms with Gasteiger partial charge in [0.1, 0.15) is 11.5 Å². The van der Waals surface area contributed by atoms with Gasteiger partial charge in [0, 0.05) is 72.6 Å². The van der Waals surface area contributed by atoms with Gasteiger partial charge in [-0.05, 0) is 36.6 Å². The lowest BCUT2D eigenvalue weighted by molar-refractivity contribution is 0.0992. The average Bonchev–Trinajstić information content (AvgIpc) is 3.29. The Kier molecular flexibility index (Phi) is 4.45. The van der Waals surface area contributed by atoms with Crippen molar-refractivity contribution in [3.63, 3.8) is 0 Å². The van der Waals surface area contributed by atoms with Crippen molar-refractivity contribution < 1.29 is 8.91 Å². The lowest BCUT2D eigenvalue weighted by Gasteiger charge is -2.33. The lowest BCUT2D eigenvalue weighted by atomic mass is 10.1. The molecular formula is C23H24N8O. The SMILES string of the molecule is [2H]C([2H])([2H])N1CCN(c2cc(C(=O)Cc3cc4cc(-c5cn(C)nn5)ncc4cn3)ccn2)CC1. The highest BCUT2D eigenvalue weighted by atomic mass is 16.1. The molecule has 0 N–H and O–H groups in total. The Morgan fingerprint density at radius 2 is 1.88 bits per heavy atom. The van der Waals surface area contributed by atoms with Gasteiger partial charge < -0.3 is 9.80 Å². The smallest absolute Gasteiger partial charge is 0.169 e. The summed E-state index contributed by atoms with van der Waals surface area (Å²) >= 11 is 0. The average molecular weight is 432 g/mol. The summed E-state index contributed by atoms with van der Waals surface area (Å²) in [6.07, 6.45) is 7.01. The van der Waals surface area contributed by atoms with E-state index in [9.17, 15) is 4.79 Å². The minimum absolute atomic E-state index is 0.0650. The Morgan fingerprint density at radius 1 is 1.03 bits per heavy atom. The van der Waals surface area contributed by atoms with E-state index in [2.05, 4.69) is 25.3 Å². The first-order valence-electron chi connectivity index (χ1n) is 11.9. The Morgan fingerprint density at radius 3 is 2.66 bits per heavy atom. The summed E-state index contributed by atoms with van der Waals surface area (Å²) in [5, 5.41) is 9.85. The van der Waals surface area contributed by atoms with Crippen LogP contribution in [0.2, 0.25) is 0 Å². The van der Waals surface area contributed by atoms with Gasteiger partial charge in [0.05, 0.1) is 18.3 Å². The second kappa shape index (κ2) is 8.43. The number of ketones is 1. The van der Waals surface area contributed by atoms with E-state index in [0.29, 0.717) is 54.6 Å². The Hall–Kier alpha value is -3.72. The van der Waals surface area contributed by atoms with E-state index in [0.717, 1.165) is 10.8 Å². The number of hydrogen-bond donors (Lipinski definition) is 0. The number of anilines is 1. The lowest BCUT2D eigenvalue weighted by Crippen LogP contribution is -2.44. The normalized spacial score (nSPS) is 16.5. The molecule has 32 heavy (non-hydrogen) atoms. The van der Waals surface area contributed by atoms with Gasteiger partial charge in [-0.2, -0.15) is 0 Å². The molecule has 0 radical (unpaired) electrons. The minimum Gasteiger partial charge on any atom is -0.354 e. The molecule has 1 aliphatic rings. The van der Waals surface area contributed by atoms with Gasteiger partial charge >= 0.3 is 0 Å². The highest BCUT2D eigenvalue weighted by Gasteiger charge is 2.17. The van der Waals surface area contributed by atoms with E-state index in [4.69, 9.17) is 4.11 Å². The van der Waals surface area contributed by atoms with Gasteiger partial charge in [-0.25, -0.2) is 4.98 Å². The van der Waals surface area contributed by atoms with Crippen LogP contribution in [-0.4, -0.2) is 73.8 Å². The maximum Gasteiger partial charge on any atom is 0.169 e. The van der Waals surface area contributed by atoms with E-state index in [1.165, 1.54) is 4.90 Å². The second-order valence-electron chi connectivity index (χ2n) is 7.85. The highest BCUT2D eigenvalue weighted by Crippen LogP contribution is 2.21. The Balaban J connectivity index is 1.31. The summed E-state index contributed by atoms with van der Waals surface area (Å²) in [5.74, 6) is 0.608. The molecule has 0 spiro atoms. The molecule has 0 atom stereocenters. The van der Waals surface area contributed by atoms with E-state index in [1.54, 1.807) is 48.6 Å². The van der Waals surface area contributed by atoms with Gasteiger partial charge in [-0.1, -0.05) is 5.21 Å². The molecule has 4 aromatic heterocycles. The van der Waals surface area contributed by atoms with Gasteiger partial charge in [0.2, 0.25) is 0 Å². The van der Waals surface area contributed by atoms with Crippen molar-refractivity contribution in [2.45, 2.75) is 6.42 Å². The molecular weight excluding hydrogens is 404 g/mol. The molecule has 5 rings (SSSR count). The van der Waals surface area contributed by atoms with Crippen molar-refractivity contribution in [2.75, 3.05) is 38.1 Å². The summed E-state index contributed by atoms with van der Waals surface area (Å²) in [7, 11) is 1.80. The van der Waals surface area contributed by atoms with Crippen LogP contribution in [0.1, 0.15) is 20.2 Å². The molecule has 1 fully saturated rings. The van der Waals surface area contributed by atoms with Crippen LogP contribution in [0.25, 0.3) is 22.2 Å². The minimum atomic E-state index is -2.09. The summed E-state index contributed by atoms with van der Waals surface area (Å²) in [6.45, 7) is -0.171. The molecule has 9 nitrogen and oxygen atoms in total. The number of hydrogen-bond acceptors (Lipinski definition) is 8. The quantitative estimate of drug-likeness (QED) is 0.443. The number of carbonyl (C=O) groups is 1. The summed E-state index contributed by atoms with van der Waals surface area (Å²) in [5.41, 5.74) is 2.58. The maximum absolute atomic E-state index is 13.1. The number of carbonyl (C=O) groups excluding carboxylic acids is 1. The number of aryl methyl sites for hydroxylation is 1. The number of piperazine rings is 1. The van der Waals surface area contributed by atoms with Crippen LogP contribution in [0, 0.1) is 0 Å². The van der Waals surface area contributed by atoms with E-state index in [1.807, 2.05) is 17.0 Å².